The van der Waals surface area contributed by atoms with Gasteiger partial charge in [0.25, 0.3) is 0 Å². The van der Waals surface area contributed by atoms with Crippen LogP contribution in [-0.4, -0.2) is 39.1 Å². The average Bonchev–Trinajstić information content (AvgIpc) is 2.85. The molecule has 1 fully saturated rings. The molecule has 90 valence electrons. The van der Waals surface area contributed by atoms with Crippen LogP contribution in [0.25, 0.3) is 11.0 Å². The number of fused-ring (bicyclic) bond motifs is 1. The van der Waals surface area contributed by atoms with Gasteiger partial charge in [-0.05, 0) is 32.5 Å². The molecule has 0 spiro atoms. The number of nitrogens with two attached hydrogens (primary N) is 1. The third kappa shape index (κ3) is 1.76. The molecule has 0 bridgehead atoms. The first kappa shape index (κ1) is 10.5. The summed E-state index contributed by atoms with van der Waals surface area (Å²) in [6.07, 6.45) is 6.06. The van der Waals surface area contributed by atoms with Crippen LogP contribution in [0.4, 0.5) is 5.95 Å². The Hall–Kier alpha value is -1.62. The lowest BCUT2D eigenvalue weighted by atomic mass is 10.2. The van der Waals surface area contributed by atoms with E-state index in [2.05, 4.69) is 26.5 Å². The number of aromatic nitrogens is 3. The highest BCUT2D eigenvalue weighted by atomic mass is 15.2. The van der Waals surface area contributed by atoms with Crippen molar-refractivity contribution in [2.45, 2.75) is 25.4 Å². The summed E-state index contributed by atoms with van der Waals surface area (Å²) >= 11 is 0. The van der Waals surface area contributed by atoms with Crippen LogP contribution >= 0.6 is 0 Å². The number of anilines is 1. The van der Waals surface area contributed by atoms with Crippen molar-refractivity contribution < 1.29 is 0 Å². The Kier molecular flexibility index (Phi) is 2.48. The zero-order chi connectivity index (χ0) is 11.8. The Morgan fingerprint density at radius 1 is 1.53 bits per heavy atom. The third-order valence-corrected chi connectivity index (χ3v) is 3.64. The monoisotopic (exact) mass is 231 g/mol. The summed E-state index contributed by atoms with van der Waals surface area (Å²) < 4.78 is 2.10. The lowest BCUT2D eigenvalue weighted by Gasteiger charge is -2.20. The second-order valence-corrected chi connectivity index (χ2v) is 4.72. The van der Waals surface area contributed by atoms with E-state index in [0.29, 0.717) is 12.0 Å². The number of nitrogen functional groups attached to an aromatic ring is 1. The van der Waals surface area contributed by atoms with E-state index < -0.39 is 0 Å². The van der Waals surface area contributed by atoms with Gasteiger partial charge in [0.1, 0.15) is 5.52 Å². The molecule has 0 radical (unpaired) electrons. The zero-order valence-corrected chi connectivity index (χ0v) is 10.0. The SMILES string of the molecule is CN1CCCC1Cn1c(N)nc2cnccc21. The van der Waals surface area contributed by atoms with Crippen LogP contribution in [0.5, 0.6) is 0 Å². The van der Waals surface area contributed by atoms with Gasteiger partial charge in [-0.15, -0.1) is 0 Å². The normalized spacial score (nSPS) is 21.4. The molecule has 3 heterocycles. The Labute approximate surface area is 100 Å². The molecule has 0 aliphatic carbocycles. The van der Waals surface area contributed by atoms with Crippen molar-refractivity contribution in [3.05, 3.63) is 18.5 Å². The molecule has 5 nitrogen and oxygen atoms in total. The van der Waals surface area contributed by atoms with Gasteiger partial charge < -0.3 is 15.2 Å². The first-order valence-electron chi connectivity index (χ1n) is 6.01. The molecule has 3 rings (SSSR count). The Morgan fingerprint density at radius 2 is 2.41 bits per heavy atom. The van der Waals surface area contributed by atoms with Gasteiger partial charge in [0, 0.05) is 18.8 Å². The lowest BCUT2D eigenvalue weighted by Crippen LogP contribution is -2.29. The van der Waals surface area contributed by atoms with E-state index >= 15 is 0 Å². The maximum atomic E-state index is 5.98. The van der Waals surface area contributed by atoms with Crippen LogP contribution in [0.15, 0.2) is 18.5 Å². The summed E-state index contributed by atoms with van der Waals surface area (Å²) in [6.45, 7) is 2.10. The predicted octanol–water partition coefficient (Wildman–Crippen LogP) is 1.11. The lowest BCUT2D eigenvalue weighted by molar-refractivity contribution is 0.285. The first-order chi connectivity index (χ1) is 8.25. The number of nitrogens with zero attached hydrogens (tertiary/aromatic N) is 4. The van der Waals surface area contributed by atoms with Gasteiger partial charge in [-0.3, -0.25) is 4.98 Å². The fraction of sp³-hybridized carbons (Fsp3) is 0.500. The minimum atomic E-state index is 0.572. The van der Waals surface area contributed by atoms with Crippen molar-refractivity contribution in [2.24, 2.45) is 0 Å². The van der Waals surface area contributed by atoms with Gasteiger partial charge in [-0.25, -0.2) is 4.98 Å². The maximum Gasteiger partial charge on any atom is 0.201 e. The molecule has 0 aromatic carbocycles. The number of imidazole rings is 1. The van der Waals surface area contributed by atoms with Crippen molar-refractivity contribution in [2.75, 3.05) is 19.3 Å². The predicted molar refractivity (Wildman–Crippen MR) is 67.6 cm³/mol. The molecule has 2 aromatic heterocycles. The van der Waals surface area contributed by atoms with E-state index in [9.17, 15) is 0 Å². The van der Waals surface area contributed by atoms with E-state index in [1.54, 1.807) is 12.4 Å². The Morgan fingerprint density at radius 3 is 3.18 bits per heavy atom. The molecule has 1 atom stereocenters. The van der Waals surface area contributed by atoms with E-state index in [1.165, 1.54) is 19.4 Å². The smallest absolute Gasteiger partial charge is 0.201 e. The minimum absolute atomic E-state index is 0.572. The second-order valence-electron chi connectivity index (χ2n) is 4.72. The van der Waals surface area contributed by atoms with Crippen LogP contribution in [0.1, 0.15) is 12.8 Å². The number of likely N-dealkylation sites (tertiary alicyclic amines) is 1. The highest BCUT2D eigenvalue weighted by Crippen LogP contribution is 2.22. The highest BCUT2D eigenvalue weighted by molar-refractivity contribution is 5.77. The molecule has 0 amide bonds. The minimum Gasteiger partial charge on any atom is -0.369 e. The molecule has 2 N–H and O–H groups in total. The summed E-state index contributed by atoms with van der Waals surface area (Å²) in [7, 11) is 2.18. The first-order valence-corrected chi connectivity index (χ1v) is 6.01. The zero-order valence-electron chi connectivity index (χ0n) is 10.0. The number of pyridine rings is 1. The highest BCUT2D eigenvalue weighted by Gasteiger charge is 2.22. The van der Waals surface area contributed by atoms with Crippen LogP contribution < -0.4 is 5.73 Å². The molecule has 1 aliphatic rings. The standard InChI is InChI=1S/C12H17N5/c1-16-6-2-3-9(16)8-17-11-4-5-14-7-10(11)15-12(17)13/h4-5,7,9H,2-3,6,8H2,1H3,(H2,13,15). The molecule has 1 unspecified atom stereocenters. The van der Waals surface area contributed by atoms with Crippen molar-refractivity contribution in [1.29, 1.82) is 0 Å². The molecular weight excluding hydrogens is 214 g/mol. The van der Waals surface area contributed by atoms with E-state index in [4.69, 9.17) is 5.73 Å². The molecule has 1 saturated heterocycles. The second kappa shape index (κ2) is 4.00. The van der Waals surface area contributed by atoms with Gasteiger partial charge in [0.2, 0.25) is 5.95 Å². The van der Waals surface area contributed by atoms with Gasteiger partial charge >= 0.3 is 0 Å². The van der Waals surface area contributed by atoms with Crippen LogP contribution in [0.3, 0.4) is 0 Å². The molecule has 5 heteroatoms. The van der Waals surface area contributed by atoms with Crippen LogP contribution in [0.2, 0.25) is 0 Å². The van der Waals surface area contributed by atoms with E-state index in [-0.39, 0.29) is 0 Å². The number of hydrogen-bond donors (Lipinski definition) is 1. The molecule has 17 heavy (non-hydrogen) atoms. The summed E-state index contributed by atoms with van der Waals surface area (Å²) in [6, 6.07) is 2.55. The van der Waals surface area contributed by atoms with E-state index in [0.717, 1.165) is 17.6 Å². The summed E-state index contributed by atoms with van der Waals surface area (Å²) in [5.41, 5.74) is 7.94. The molecule has 0 saturated carbocycles. The van der Waals surface area contributed by atoms with Crippen LogP contribution in [-0.2, 0) is 6.54 Å². The summed E-state index contributed by atoms with van der Waals surface area (Å²) in [4.78, 5) is 10.8. The van der Waals surface area contributed by atoms with Crippen molar-refractivity contribution in [1.82, 2.24) is 19.4 Å². The Bertz CT molecular complexity index is 533. The topological polar surface area (TPSA) is 60.0 Å². The van der Waals surface area contributed by atoms with Gasteiger partial charge in [0.15, 0.2) is 0 Å². The van der Waals surface area contributed by atoms with Gasteiger partial charge in [0.05, 0.1) is 11.7 Å². The third-order valence-electron chi connectivity index (χ3n) is 3.64. The fourth-order valence-electron chi connectivity index (χ4n) is 2.61. The molecular formula is C12H17N5. The molecule has 2 aromatic rings. The van der Waals surface area contributed by atoms with Crippen LogP contribution in [0, 0.1) is 0 Å². The van der Waals surface area contributed by atoms with Crippen molar-refractivity contribution >= 4 is 17.0 Å². The average molecular weight is 231 g/mol. The summed E-state index contributed by atoms with van der Waals surface area (Å²) in [5, 5.41) is 0. The number of hydrogen-bond acceptors (Lipinski definition) is 4. The van der Waals surface area contributed by atoms with Crippen molar-refractivity contribution in [3.63, 3.8) is 0 Å². The van der Waals surface area contributed by atoms with Gasteiger partial charge in [-0.2, -0.15) is 0 Å². The Balaban J connectivity index is 1.96. The largest absolute Gasteiger partial charge is 0.369 e. The summed E-state index contributed by atoms with van der Waals surface area (Å²) in [5.74, 6) is 0.591. The molecule has 1 aliphatic heterocycles. The number of likely N-dealkylation sites (N-methyl/N-ethyl adjacent to an activating group) is 1. The van der Waals surface area contributed by atoms with E-state index in [1.807, 2.05) is 6.07 Å². The fourth-order valence-corrected chi connectivity index (χ4v) is 2.61. The quantitative estimate of drug-likeness (QED) is 0.841. The maximum absolute atomic E-state index is 5.98. The van der Waals surface area contributed by atoms with Gasteiger partial charge in [-0.1, -0.05) is 0 Å². The number of rotatable bonds is 2. The van der Waals surface area contributed by atoms with Crippen molar-refractivity contribution in [3.8, 4) is 0 Å².